The van der Waals surface area contributed by atoms with Crippen molar-refractivity contribution in [1.82, 2.24) is 0 Å². The topological polar surface area (TPSA) is 37.3 Å². The van der Waals surface area contributed by atoms with Gasteiger partial charge < -0.3 is 5.11 Å². The third-order valence-corrected chi connectivity index (χ3v) is 3.08. The molecule has 0 radical (unpaired) electrons. The summed E-state index contributed by atoms with van der Waals surface area (Å²) >= 11 is 1.24. The molecule has 0 aliphatic heterocycles. The highest BCUT2D eigenvalue weighted by atomic mass is 32.1. The Balaban J connectivity index is 3.03. The summed E-state index contributed by atoms with van der Waals surface area (Å²) in [6.07, 6.45) is 0. The van der Waals surface area contributed by atoms with Crippen LogP contribution in [0.1, 0.15) is 5.56 Å². The highest BCUT2D eigenvalue weighted by molar-refractivity contribution is 7.20. The van der Waals surface area contributed by atoms with E-state index in [0.29, 0.717) is 10.9 Å². The average Bonchev–Trinajstić information content (AvgIpc) is 2.15. The molecule has 2 rings (SSSR count). The van der Waals surface area contributed by atoms with Crippen molar-refractivity contribution in [1.29, 1.82) is 0 Å². The lowest BCUT2D eigenvalue weighted by Crippen LogP contribution is -2.03. The van der Waals surface area contributed by atoms with Gasteiger partial charge in [0, 0.05) is 15.6 Å². The van der Waals surface area contributed by atoms with E-state index in [1.54, 1.807) is 13.0 Å². The smallest absolute Gasteiger partial charge is 0.194 e. The van der Waals surface area contributed by atoms with Crippen LogP contribution < -0.4 is 5.43 Å². The molecule has 0 aliphatic rings. The van der Waals surface area contributed by atoms with Crippen molar-refractivity contribution in [3.8, 4) is 5.06 Å². The molecule has 0 atom stereocenters. The van der Waals surface area contributed by atoms with Crippen LogP contribution >= 0.6 is 11.3 Å². The Labute approximate surface area is 79.1 Å². The van der Waals surface area contributed by atoms with E-state index < -0.39 is 0 Å². The molecule has 2 nitrogen and oxygen atoms in total. The Bertz CT molecular complexity index is 514. The molecule has 13 heavy (non-hydrogen) atoms. The number of rotatable bonds is 0. The molecular formula is C10H8O2S. The molecule has 1 aromatic carbocycles. The van der Waals surface area contributed by atoms with Crippen molar-refractivity contribution in [3.05, 3.63) is 40.1 Å². The second-order valence-corrected chi connectivity index (χ2v) is 3.89. The standard InChI is InChI=1S/C10H8O2S/c1-6-9(11)7-4-2-3-5-8(7)13-10(6)12/h2-5,12H,1H3. The lowest BCUT2D eigenvalue weighted by Gasteiger charge is -1.99. The molecule has 66 valence electrons. The average molecular weight is 192 g/mol. The van der Waals surface area contributed by atoms with Gasteiger partial charge in [0.15, 0.2) is 10.5 Å². The monoisotopic (exact) mass is 192 g/mol. The van der Waals surface area contributed by atoms with Gasteiger partial charge in [-0.15, -0.1) is 0 Å². The summed E-state index contributed by atoms with van der Waals surface area (Å²) in [7, 11) is 0. The summed E-state index contributed by atoms with van der Waals surface area (Å²) in [6, 6.07) is 7.29. The maximum Gasteiger partial charge on any atom is 0.194 e. The molecule has 1 heterocycles. The zero-order valence-corrected chi connectivity index (χ0v) is 7.89. The second-order valence-electron chi connectivity index (χ2n) is 2.86. The maximum atomic E-state index is 11.6. The molecule has 1 N–H and O–H groups in total. The van der Waals surface area contributed by atoms with Crippen LogP contribution in [0.5, 0.6) is 5.06 Å². The van der Waals surface area contributed by atoms with E-state index in [2.05, 4.69) is 0 Å². The SMILES string of the molecule is Cc1c(O)sc2ccccc2c1=O. The van der Waals surface area contributed by atoms with E-state index >= 15 is 0 Å². The molecule has 0 spiro atoms. The van der Waals surface area contributed by atoms with Gasteiger partial charge in [-0.05, 0) is 19.1 Å². The first-order chi connectivity index (χ1) is 6.20. The summed E-state index contributed by atoms with van der Waals surface area (Å²) in [5, 5.41) is 10.2. The van der Waals surface area contributed by atoms with Crippen molar-refractivity contribution in [3.63, 3.8) is 0 Å². The van der Waals surface area contributed by atoms with Gasteiger partial charge in [0.25, 0.3) is 0 Å². The number of fused-ring (bicyclic) bond motifs is 1. The normalized spacial score (nSPS) is 10.5. The van der Waals surface area contributed by atoms with Crippen LogP contribution in [0.2, 0.25) is 0 Å². The van der Waals surface area contributed by atoms with Crippen LogP contribution in [-0.2, 0) is 0 Å². The molecule has 0 bridgehead atoms. The van der Waals surface area contributed by atoms with Gasteiger partial charge in [0.1, 0.15) is 0 Å². The third-order valence-electron chi connectivity index (χ3n) is 2.00. The Morgan fingerprint density at radius 1 is 1.31 bits per heavy atom. The van der Waals surface area contributed by atoms with E-state index in [0.717, 1.165) is 4.70 Å². The van der Waals surface area contributed by atoms with Gasteiger partial charge in [-0.25, -0.2) is 0 Å². The van der Waals surface area contributed by atoms with Gasteiger partial charge in [-0.1, -0.05) is 23.5 Å². The molecule has 0 fully saturated rings. The van der Waals surface area contributed by atoms with Crippen molar-refractivity contribution in [2.24, 2.45) is 0 Å². The molecule has 3 heteroatoms. The third kappa shape index (κ3) is 1.21. The minimum absolute atomic E-state index is 0.0770. The Hall–Kier alpha value is -1.35. The molecule has 0 saturated carbocycles. The first kappa shape index (κ1) is 8.26. The molecule has 0 amide bonds. The van der Waals surface area contributed by atoms with Gasteiger partial charge in [0.05, 0.1) is 0 Å². The molecular weight excluding hydrogens is 184 g/mol. The number of hydrogen-bond acceptors (Lipinski definition) is 3. The molecule has 0 aliphatic carbocycles. The Morgan fingerprint density at radius 2 is 2.00 bits per heavy atom. The van der Waals surface area contributed by atoms with Crippen LogP contribution in [0, 0.1) is 6.92 Å². The first-order valence-electron chi connectivity index (χ1n) is 3.91. The Kier molecular flexibility index (Phi) is 1.81. The van der Waals surface area contributed by atoms with Gasteiger partial charge in [-0.3, -0.25) is 4.79 Å². The van der Waals surface area contributed by atoms with Crippen molar-refractivity contribution in [2.75, 3.05) is 0 Å². The fourth-order valence-electron chi connectivity index (χ4n) is 1.22. The largest absolute Gasteiger partial charge is 0.499 e. The lowest BCUT2D eigenvalue weighted by atomic mass is 10.2. The number of aromatic hydroxyl groups is 1. The van der Waals surface area contributed by atoms with E-state index in [4.69, 9.17) is 0 Å². The second kappa shape index (κ2) is 2.85. The summed E-state index contributed by atoms with van der Waals surface area (Å²) in [6.45, 7) is 1.64. The van der Waals surface area contributed by atoms with Crippen LogP contribution in [0.25, 0.3) is 10.1 Å². The fraction of sp³-hybridized carbons (Fsp3) is 0.100. The minimum Gasteiger partial charge on any atom is -0.499 e. The molecule has 2 aromatic rings. The van der Waals surface area contributed by atoms with E-state index in [-0.39, 0.29) is 10.5 Å². The zero-order chi connectivity index (χ0) is 9.42. The summed E-state index contributed by atoms with van der Waals surface area (Å²) in [5.74, 6) is 0. The molecule has 0 saturated heterocycles. The van der Waals surface area contributed by atoms with Crippen LogP contribution in [0.15, 0.2) is 29.1 Å². The Morgan fingerprint density at radius 3 is 2.77 bits per heavy atom. The van der Waals surface area contributed by atoms with Crippen LogP contribution in [0.3, 0.4) is 0 Å². The minimum atomic E-state index is -0.0770. The van der Waals surface area contributed by atoms with Gasteiger partial charge in [0.2, 0.25) is 0 Å². The lowest BCUT2D eigenvalue weighted by molar-refractivity contribution is 0.486. The zero-order valence-electron chi connectivity index (χ0n) is 7.07. The predicted octanol–water partition coefficient (Wildman–Crippen LogP) is 2.28. The summed E-state index contributed by atoms with van der Waals surface area (Å²) in [5.41, 5.74) is 0.357. The summed E-state index contributed by atoms with van der Waals surface area (Å²) < 4.78 is 0.829. The van der Waals surface area contributed by atoms with Crippen molar-refractivity contribution < 1.29 is 5.11 Å². The quantitative estimate of drug-likeness (QED) is 0.695. The summed E-state index contributed by atoms with van der Waals surface area (Å²) in [4.78, 5) is 11.6. The van der Waals surface area contributed by atoms with E-state index in [9.17, 15) is 9.90 Å². The highest BCUT2D eigenvalue weighted by Crippen LogP contribution is 2.26. The van der Waals surface area contributed by atoms with Gasteiger partial charge >= 0.3 is 0 Å². The molecule has 0 unspecified atom stereocenters. The van der Waals surface area contributed by atoms with Crippen LogP contribution in [0.4, 0.5) is 0 Å². The van der Waals surface area contributed by atoms with E-state index in [1.807, 2.05) is 18.2 Å². The van der Waals surface area contributed by atoms with Gasteiger partial charge in [-0.2, -0.15) is 0 Å². The van der Waals surface area contributed by atoms with E-state index in [1.165, 1.54) is 11.3 Å². The van der Waals surface area contributed by atoms with Crippen molar-refractivity contribution >= 4 is 21.4 Å². The number of benzene rings is 1. The maximum absolute atomic E-state index is 11.6. The first-order valence-corrected chi connectivity index (χ1v) is 4.73. The fourth-order valence-corrected chi connectivity index (χ4v) is 2.09. The predicted molar refractivity (Wildman–Crippen MR) is 54.5 cm³/mol. The highest BCUT2D eigenvalue weighted by Gasteiger charge is 2.06. The number of hydrogen-bond donors (Lipinski definition) is 1. The van der Waals surface area contributed by atoms with Crippen LogP contribution in [-0.4, -0.2) is 5.11 Å². The molecule has 1 aromatic heterocycles. The van der Waals surface area contributed by atoms with Crippen molar-refractivity contribution in [2.45, 2.75) is 6.92 Å².